The number of ether oxygens (including phenoxy) is 1. The Bertz CT molecular complexity index is 811. The summed E-state index contributed by atoms with van der Waals surface area (Å²) in [5, 5.41) is 10.5. The first kappa shape index (κ1) is 17.8. The van der Waals surface area contributed by atoms with Crippen LogP contribution < -0.4 is 10.1 Å². The molecule has 6 nitrogen and oxygen atoms in total. The molecular weight excluding hydrogens is 365 g/mol. The van der Waals surface area contributed by atoms with Crippen molar-refractivity contribution in [2.75, 3.05) is 12.4 Å². The summed E-state index contributed by atoms with van der Waals surface area (Å²) in [6.07, 6.45) is 1.69. The monoisotopic (exact) mass is 381 g/mol. The Balaban J connectivity index is 1.77. The summed E-state index contributed by atoms with van der Waals surface area (Å²) in [7, 11) is 1.59. The Kier molecular flexibility index (Phi) is 4.75. The van der Waals surface area contributed by atoms with E-state index in [4.69, 9.17) is 32.6 Å². The highest BCUT2D eigenvalue weighted by Gasteiger charge is 2.60. The van der Waals surface area contributed by atoms with Gasteiger partial charge in [0.15, 0.2) is 5.69 Å². The normalized spacial score (nSPS) is 20.7. The Hall–Kier alpha value is -2.05. The molecule has 0 unspecified atom stereocenters. The minimum atomic E-state index is -0.250. The van der Waals surface area contributed by atoms with Gasteiger partial charge in [-0.1, -0.05) is 37.0 Å². The third-order valence-corrected chi connectivity index (χ3v) is 4.84. The number of nitrogens with zero attached hydrogens (tertiary/aromatic N) is 2. The SMILES string of the molecule is COc1ccc(-c2nonc2NC(=O)[C@@H]2[C@@H](C=C(Cl)Cl)C2(C)C)cc1. The van der Waals surface area contributed by atoms with Crippen molar-refractivity contribution in [1.82, 2.24) is 10.3 Å². The Morgan fingerprint density at radius 2 is 1.96 bits per heavy atom. The number of anilines is 1. The molecule has 1 aliphatic carbocycles. The van der Waals surface area contributed by atoms with Crippen molar-refractivity contribution >= 4 is 34.9 Å². The smallest absolute Gasteiger partial charge is 0.229 e. The lowest BCUT2D eigenvalue weighted by Gasteiger charge is -2.05. The molecule has 1 amide bonds. The van der Waals surface area contributed by atoms with Crippen LogP contribution in [0.1, 0.15) is 13.8 Å². The van der Waals surface area contributed by atoms with Gasteiger partial charge in [0.05, 0.1) is 13.0 Å². The molecule has 1 fully saturated rings. The molecule has 1 aromatic heterocycles. The van der Waals surface area contributed by atoms with Crippen molar-refractivity contribution in [3.8, 4) is 17.0 Å². The molecule has 1 heterocycles. The van der Waals surface area contributed by atoms with E-state index < -0.39 is 0 Å². The van der Waals surface area contributed by atoms with E-state index in [9.17, 15) is 4.79 Å². The van der Waals surface area contributed by atoms with Crippen LogP contribution in [0, 0.1) is 17.3 Å². The molecule has 8 heteroatoms. The molecule has 132 valence electrons. The number of hydrogen-bond donors (Lipinski definition) is 1. The third kappa shape index (κ3) is 3.50. The molecule has 2 atom stereocenters. The number of benzene rings is 1. The van der Waals surface area contributed by atoms with Crippen molar-refractivity contribution in [1.29, 1.82) is 0 Å². The van der Waals surface area contributed by atoms with E-state index in [2.05, 4.69) is 15.6 Å². The number of carbonyl (C=O) groups excluding carboxylic acids is 1. The van der Waals surface area contributed by atoms with Gasteiger partial charge in [-0.2, -0.15) is 0 Å². The highest BCUT2D eigenvalue weighted by molar-refractivity contribution is 6.55. The van der Waals surface area contributed by atoms with Crippen LogP contribution in [0.2, 0.25) is 0 Å². The second-order valence-electron chi connectivity index (χ2n) is 6.46. The number of carbonyl (C=O) groups is 1. The van der Waals surface area contributed by atoms with Crippen LogP contribution in [0.5, 0.6) is 5.75 Å². The quantitative estimate of drug-likeness (QED) is 0.836. The maximum absolute atomic E-state index is 12.6. The minimum Gasteiger partial charge on any atom is -0.497 e. The van der Waals surface area contributed by atoms with Crippen LogP contribution in [0.25, 0.3) is 11.3 Å². The molecule has 1 aliphatic rings. The highest BCUT2D eigenvalue weighted by Crippen LogP contribution is 2.60. The first-order valence-electron chi connectivity index (χ1n) is 7.65. The average molecular weight is 382 g/mol. The van der Waals surface area contributed by atoms with Gasteiger partial charge >= 0.3 is 0 Å². The summed E-state index contributed by atoms with van der Waals surface area (Å²) in [6.45, 7) is 3.97. The largest absolute Gasteiger partial charge is 0.497 e. The number of aromatic nitrogens is 2. The number of amides is 1. The van der Waals surface area contributed by atoms with Gasteiger partial charge in [-0.3, -0.25) is 4.79 Å². The van der Waals surface area contributed by atoms with Crippen LogP contribution in [0.15, 0.2) is 39.5 Å². The van der Waals surface area contributed by atoms with Gasteiger partial charge in [-0.25, -0.2) is 4.63 Å². The summed E-state index contributed by atoms with van der Waals surface area (Å²) < 4.78 is 10.1. The van der Waals surface area contributed by atoms with Crippen molar-refractivity contribution in [3.63, 3.8) is 0 Å². The van der Waals surface area contributed by atoms with E-state index in [1.807, 2.05) is 26.0 Å². The van der Waals surface area contributed by atoms with E-state index >= 15 is 0 Å². The number of hydrogen-bond acceptors (Lipinski definition) is 5. The fraction of sp³-hybridized carbons (Fsp3) is 0.353. The van der Waals surface area contributed by atoms with Gasteiger partial charge in [-0.05, 0) is 52.0 Å². The number of methoxy groups -OCH3 is 1. The zero-order valence-electron chi connectivity index (χ0n) is 13.9. The summed E-state index contributed by atoms with van der Waals surface area (Å²) in [6, 6.07) is 7.22. The van der Waals surface area contributed by atoms with E-state index in [0.717, 1.165) is 11.3 Å². The van der Waals surface area contributed by atoms with Crippen LogP contribution in [0.3, 0.4) is 0 Å². The Morgan fingerprint density at radius 1 is 1.28 bits per heavy atom. The highest BCUT2D eigenvalue weighted by atomic mass is 35.5. The van der Waals surface area contributed by atoms with Gasteiger partial charge in [-0.15, -0.1) is 0 Å². The fourth-order valence-corrected chi connectivity index (χ4v) is 3.30. The van der Waals surface area contributed by atoms with Gasteiger partial charge in [0.1, 0.15) is 10.2 Å². The summed E-state index contributed by atoms with van der Waals surface area (Å²) >= 11 is 11.5. The maximum atomic E-state index is 12.6. The maximum Gasteiger partial charge on any atom is 0.229 e. The molecule has 1 saturated carbocycles. The van der Waals surface area contributed by atoms with Crippen LogP contribution in [0.4, 0.5) is 5.82 Å². The molecule has 0 spiro atoms. The predicted molar refractivity (Wildman–Crippen MR) is 95.5 cm³/mol. The predicted octanol–water partition coefficient (Wildman–Crippen LogP) is 4.27. The van der Waals surface area contributed by atoms with Gasteiger partial charge in [0, 0.05) is 5.56 Å². The molecule has 1 N–H and O–H groups in total. The molecule has 25 heavy (non-hydrogen) atoms. The molecule has 1 aromatic carbocycles. The molecule has 0 saturated heterocycles. The standard InChI is InChI=1S/C17H17Cl2N3O3/c1-17(2)11(8-12(18)19)13(17)16(23)20-15-14(21-25-22-15)9-4-6-10(24-3)7-5-9/h4-8,11,13H,1-3H3,(H,20,22,23)/t11-,13+/m1/s1. The molecule has 0 radical (unpaired) electrons. The van der Waals surface area contributed by atoms with Crippen LogP contribution >= 0.6 is 23.2 Å². The van der Waals surface area contributed by atoms with E-state index in [0.29, 0.717) is 5.69 Å². The fourth-order valence-electron chi connectivity index (χ4n) is 3.03. The second kappa shape index (κ2) is 6.69. The van der Waals surface area contributed by atoms with Crippen LogP contribution in [-0.4, -0.2) is 23.3 Å². The van der Waals surface area contributed by atoms with E-state index in [1.165, 1.54) is 0 Å². The summed E-state index contributed by atoms with van der Waals surface area (Å²) in [5.74, 6) is 0.546. The van der Waals surface area contributed by atoms with Crippen molar-refractivity contribution < 1.29 is 14.2 Å². The van der Waals surface area contributed by atoms with E-state index in [-0.39, 0.29) is 33.5 Å². The summed E-state index contributed by atoms with van der Waals surface area (Å²) in [4.78, 5) is 12.6. The van der Waals surface area contributed by atoms with Crippen molar-refractivity contribution in [3.05, 3.63) is 34.8 Å². The lowest BCUT2D eigenvalue weighted by atomic mass is 10.1. The molecule has 2 aromatic rings. The van der Waals surface area contributed by atoms with Gasteiger partial charge < -0.3 is 10.1 Å². The topological polar surface area (TPSA) is 77.2 Å². The first-order chi connectivity index (χ1) is 11.8. The number of halogens is 2. The molecule has 0 aliphatic heterocycles. The van der Waals surface area contributed by atoms with E-state index in [1.54, 1.807) is 25.3 Å². The Morgan fingerprint density at radius 3 is 2.56 bits per heavy atom. The Labute approximate surface area is 155 Å². The van der Waals surface area contributed by atoms with Gasteiger partial charge in [0.25, 0.3) is 0 Å². The second-order valence-corrected chi connectivity index (χ2v) is 7.47. The minimum absolute atomic E-state index is 0.0261. The van der Waals surface area contributed by atoms with Crippen LogP contribution in [-0.2, 0) is 4.79 Å². The third-order valence-electron chi connectivity index (χ3n) is 4.59. The lowest BCUT2D eigenvalue weighted by Crippen LogP contribution is -2.17. The average Bonchev–Trinajstić information content (AvgIpc) is 2.90. The molecule has 0 bridgehead atoms. The molecule has 3 rings (SSSR count). The van der Waals surface area contributed by atoms with Crippen molar-refractivity contribution in [2.45, 2.75) is 13.8 Å². The summed E-state index contributed by atoms with van der Waals surface area (Å²) in [5.41, 5.74) is 0.987. The number of allylic oxidation sites excluding steroid dienone is 1. The number of rotatable bonds is 5. The van der Waals surface area contributed by atoms with Gasteiger partial charge in [0.2, 0.25) is 11.7 Å². The zero-order chi connectivity index (χ0) is 18.2. The van der Waals surface area contributed by atoms with Crippen molar-refractivity contribution in [2.24, 2.45) is 17.3 Å². The zero-order valence-corrected chi connectivity index (χ0v) is 15.4. The number of nitrogens with one attached hydrogen (secondary N) is 1. The first-order valence-corrected chi connectivity index (χ1v) is 8.41. The molecular formula is C17H17Cl2N3O3. The lowest BCUT2D eigenvalue weighted by molar-refractivity contribution is -0.118.